The first-order chi connectivity index (χ1) is 6.79. The van der Waals surface area contributed by atoms with E-state index < -0.39 is 0 Å². The lowest BCUT2D eigenvalue weighted by molar-refractivity contribution is 0.399. The van der Waals surface area contributed by atoms with Gasteiger partial charge in [0.05, 0.1) is 4.47 Å². The van der Waals surface area contributed by atoms with Crippen molar-refractivity contribution in [1.82, 2.24) is 5.32 Å². The Morgan fingerprint density at radius 3 is 2.80 bits per heavy atom. The number of halogens is 3. The predicted octanol–water partition coefficient (Wildman–Crippen LogP) is 3.82. The van der Waals surface area contributed by atoms with E-state index in [2.05, 4.69) is 21.2 Å². The number of rotatable bonds is 1. The van der Waals surface area contributed by atoms with E-state index in [1.165, 1.54) is 12.8 Å². The third-order valence-electron chi connectivity index (χ3n) is 2.67. The zero-order valence-corrected chi connectivity index (χ0v) is 10.7. The van der Waals surface area contributed by atoms with Crippen LogP contribution in [0, 0.1) is 5.82 Å². The van der Waals surface area contributed by atoms with E-state index in [1.54, 1.807) is 6.07 Å². The van der Waals surface area contributed by atoms with Crippen LogP contribution in [0.15, 0.2) is 22.7 Å². The molecule has 1 aliphatic rings. The minimum absolute atomic E-state index is 0. The molecule has 0 amide bonds. The van der Waals surface area contributed by atoms with E-state index in [1.807, 2.05) is 12.1 Å². The van der Waals surface area contributed by atoms with E-state index in [0.29, 0.717) is 4.47 Å². The highest BCUT2D eigenvalue weighted by atomic mass is 79.9. The summed E-state index contributed by atoms with van der Waals surface area (Å²) < 4.78 is 14.3. The van der Waals surface area contributed by atoms with Crippen molar-refractivity contribution in [2.24, 2.45) is 0 Å². The minimum Gasteiger partial charge on any atom is -0.310 e. The van der Waals surface area contributed by atoms with Gasteiger partial charge in [0, 0.05) is 11.6 Å². The minimum atomic E-state index is -0.119. The Bertz CT molecular complexity index is 326. The van der Waals surface area contributed by atoms with Crippen LogP contribution in [0.4, 0.5) is 4.39 Å². The second kappa shape index (κ2) is 5.83. The maximum absolute atomic E-state index is 13.7. The van der Waals surface area contributed by atoms with Gasteiger partial charge in [0.25, 0.3) is 0 Å². The lowest BCUT2D eigenvalue weighted by atomic mass is 9.97. The van der Waals surface area contributed by atoms with Crippen LogP contribution >= 0.6 is 28.3 Å². The summed E-state index contributed by atoms with van der Waals surface area (Å²) in [6, 6.07) is 5.69. The first kappa shape index (κ1) is 12.9. The van der Waals surface area contributed by atoms with E-state index in [9.17, 15) is 4.39 Å². The van der Waals surface area contributed by atoms with Gasteiger partial charge in [-0.3, -0.25) is 0 Å². The van der Waals surface area contributed by atoms with Crippen molar-refractivity contribution in [3.05, 3.63) is 34.1 Å². The van der Waals surface area contributed by atoms with Crippen LogP contribution < -0.4 is 5.32 Å². The van der Waals surface area contributed by atoms with Crippen molar-refractivity contribution in [2.75, 3.05) is 6.54 Å². The molecule has 1 atom stereocenters. The van der Waals surface area contributed by atoms with Crippen molar-refractivity contribution in [2.45, 2.75) is 25.3 Å². The Labute approximate surface area is 104 Å². The summed E-state index contributed by atoms with van der Waals surface area (Å²) in [7, 11) is 0. The fourth-order valence-electron chi connectivity index (χ4n) is 1.91. The first-order valence-corrected chi connectivity index (χ1v) is 5.75. The van der Waals surface area contributed by atoms with Gasteiger partial charge < -0.3 is 5.32 Å². The highest BCUT2D eigenvalue weighted by Crippen LogP contribution is 2.28. The molecule has 1 heterocycles. The van der Waals surface area contributed by atoms with Crippen molar-refractivity contribution >= 4 is 28.3 Å². The lowest BCUT2D eigenvalue weighted by Crippen LogP contribution is -2.27. The Hall–Kier alpha value is -0.120. The summed E-state index contributed by atoms with van der Waals surface area (Å²) in [6.07, 6.45) is 3.42. The maximum Gasteiger partial charge on any atom is 0.142 e. The second-order valence-corrected chi connectivity index (χ2v) is 4.50. The molecular weight excluding hydrogens is 280 g/mol. The summed E-state index contributed by atoms with van der Waals surface area (Å²) in [6.45, 7) is 0.997. The number of hydrogen-bond donors (Lipinski definition) is 1. The lowest BCUT2D eigenvalue weighted by Gasteiger charge is -2.24. The molecule has 1 saturated heterocycles. The smallest absolute Gasteiger partial charge is 0.142 e. The van der Waals surface area contributed by atoms with Crippen molar-refractivity contribution in [3.8, 4) is 0 Å². The fourth-order valence-corrected chi connectivity index (χ4v) is 2.29. The van der Waals surface area contributed by atoms with Crippen LogP contribution in [-0.2, 0) is 0 Å². The average Bonchev–Trinajstić information content (AvgIpc) is 2.23. The van der Waals surface area contributed by atoms with Gasteiger partial charge >= 0.3 is 0 Å². The molecule has 1 fully saturated rings. The van der Waals surface area contributed by atoms with Gasteiger partial charge in [-0.1, -0.05) is 18.6 Å². The molecule has 0 radical (unpaired) electrons. The number of nitrogens with one attached hydrogen (secondary N) is 1. The molecule has 1 aromatic rings. The Kier molecular flexibility index (Phi) is 5.03. The van der Waals surface area contributed by atoms with E-state index >= 15 is 0 Å². The molecule has 0 unspecified atom stereocenters. The summed E-state index contributed by atoms with van der Waals surface area (Å²) in [5.74, 6) is -0.119. The van der Waals surface area contributed by atoms with Gasteiger partial charge in [-0.15, -0.1) is 12.4 Å². The topological polar surface area (TPSA) is 12.0 Å². The molecule has 0 aliphatic carbocycles. The summed E-state index contributed by atoms with van der Waals surface area (Å²) in [4.78, 5) is 0. The standard InChI is InChI=1S/C11H13BrFN.ClH/c12-9-5-3-4-8(11(9)13)10-6-1-2-7-14-10;/h3-5,10,14H,1-2,6-7H2;1H/t10-;/m1./s1. The van der Waals surface area contributed by atoms with Crippen LogP contribution in [-0.4, -0.2) is 6.54 Å². The summed E-state index contributed by atoms with van der Waals surface area (Å²) in [5, 5.41) is 3.34. The summed E-state index contributed by atoms with van der Waals surface area (Å²) in [5.41, 5.74) is 0.791. The van der Waals surface area contributed by atoms with E-state index in [0.717, 1.165) is 18.5 Å². The SMILES string of the molecule is Cl.Fc1c(Br)cccc1[C@H]1CCCCN1. The van der Waals surface area contributed by atoms with Crippen LogP contribution in [0.2, 0.25) is 0 Å². The third kappa shape index (κ3) is 2.92. The second-order valence-electron chi connectivity index (χ2n) is 3.65. The molecule has 84 valence electrons. The molecule has 1 aliphatic heterocycles. The molecule has 1 N–H and O–H groups in total. The molecule has 0 spiro atoms. The quantitative estimate of drug-likeness (QED) is 0.830. The third-order valence-corrected chi connectivity index (χ3v) is 3.28. The van der Waals surface area contributed by atoms with Crippen molar-refractivity contribution < 1.29 is 4.39 Å². The van der Waals surface area contributed by atoms with Crippen LogP contribution in [0.5, 0.6) is 0 Å². The molecule has 4 heteroatoms. The zero-order valence-electron chi connectivity index (χ0n) is 8.30. The van der Waals surface area contributed by atoms with Gasteiger partial charge in [0.2, 0.25) is 0 Å². The average molecular weight is 295 g/mol. The largest absolute Gasteiger partial charge is 0.310 e. The van der Waals surface area contributed by atoms with Crippen LogP contribution in [0.1, 0.15) is 30.9 Å². The Balaban J connectivity index is 0.00000112. The monoisotopic (exact) mass is 293 g/mol. The van der Waals surface area contributed by atoms with Gasteiger partial charge in [-0.2, -0.15) is 0 Å². The molecule has 0 saturated carbocycles. The van der Waals surface area contributed by atoms with Crippen LogP contribution in [0.3, 0.4) is 0 Å². The first-order valence-electron chi connectivity index (χ1n) is 4.96. The highest BCUT2D eigenvalue weighted by Gasteiger charge is 2.18. The van der Waals surface area contributed by atoms with Gasteiger partial charge in [-0.25, -0.2) is 4.39 Å². The predicted molar refractivity (Wildman–Crippen MR) is 65.9 cm³/mol. The number of piperidine rings is 1. The Morgan fingerprint density at radius 1 is 1.33 bits per heavy atom. The number of benzene rings is 1. The normalized spacial score (nSPS) is 20.8. The maximum atomic E-state index is 13.7. The molecule has 1 nitrogen and oxygen atoms in total. The number of hydrogen-bond acceptors (Lipinski definition) is 1. The van der Waals surface area contributed by atoms with Crippen molar-refractivity contribution in [3.63, 3.8) is 0 Å². The molecule has 15 heavy (non-hydrogen) atoms. The van der Waals surface area contributed by atoms with Crippen LogP contribution in [0.25, 0.3) is 0 Å². The van der Waals surface area contributed by atoms with E-state index in [-0.39, 0.29) is 24.3 Å². The fraction of sp³-hybridized carbons (Fsp3) is 0.455. The molecule has 0 bridgehead atoms. The van der Waals surface area contributed by atoms with Crippen molar-refractivity contribution in [1.29, 1.82) is 0 Å². The molecule has 1 aromatic carbocycles. The highest BCUT2D eigenvalue weighted by molar-refractivity contribution is 9.10. The van der Waals surface area contributed by atoms with Gasteiger partial charge in [-0.05, 0) is 41.4 Å². The Morgan fingerprint density at radius 2 is 2.13 bits per heavy atom. The zero-order chi connectivity index (χ0) is 9.97. The van der Waals surface area contributed by atoms with Gasteiger partial charge in [0.1, 0.15) is 5.82 Å². The molecule has 2 rings (SSSR count). The molecule has 0 aromatic heterocycles. The summed E-state index contributed by atoms with van der Waals surface area (Å²) >= 11 is 3.21. The van der Waals surface area contributed by atoms with Gasteiger partial charge in [0.15, 0.2) is 0 Å². The molecular formula is C11H14BrClFN. The van der Waals surface area contributed by atoms with E-state index in [4.69, 9.17) is 0 Å².